The summed E-state index contributed by atoms with van der Waals surface area (Å²) in [6, 6.07) is 11.9. The highest BCUT2D eigenvalue weighted by Gasteiger charge is 2.51. The van der Waals surface area contributed by atoms with E-state index < -0.39 is 35.3 Å². The molecule has 1 amide bonds. The van der Waals surface area contributed by atoms with Gasteiger partial charge in [0.25, 0.3) is 5.91 Å². The number of hydrogen-bond acceptors (Lipinski definition) is 4. The Labute approximate surface area is 170 Å². The number of nitrogens with zero attached hydrogens (tertiary/aromatic N) is 2. The Hall–Kier alpha value is -2.86. The van der Waals surface area contributed by atoms with Gasteiger partial charge in [0.2, 0.25) is 5.78 Å². The molecule has 2 aromatic carbocycles. The van der Waals surface area contributed by atoms with E-state index in [4.69, 9.17) is 0 Å². The van der Waals surface area contributed by atoms with E-state index in [-0.39, 0.29) is 5.56 Å². The third-order valence-corrected chi connectivity index (χ3v) is 5.24. The average molecular weight is 396 g/mol. The maximum absolute atomic E-state index is 13.3. The molecule has 5 nitrogen and oxygen atoms in total. The van der Waals surface area contributed by atoms with E-state index in [2.05, 4.69) is 0 Å². The monoisotopic (exact) mass is 396 g/mol. The number of halogens is 1. The van der Waals surface area contributed by atoms with Crippen LogP contribution in [0.5, 0.6) is 0 Å². The van der Waals surface area contributed by atoms with Gasteiger partial charge >= 0.3 is 0 Å². The number of hydrogen-bond donors (Lipinski definition) is 0. The van der Waals surface area contributed by atoms with Crippen LogP contribution in [0.25, 0.3) is 0 Å². The van der Waals surface area contributed by atoms with Gasteiger partial charge in [0.05, 0.1) is 6.04 Å². The summed E-state index contributed by atoms with van der Waals surface area (Å²) in [5.41, 5.74) is 2.02. The molecule has 0 radical (unpaired) electrons. The molecule has 0 spiro atoms. The number of aryl methyl sites for hydroxylation is 1. The SMILES string of the molecule is Cc1ccc(C2C(C(=O)c3ccc(F)cc3)C(=O)C(=O)N2CCCN(C)C)cc1. The lowest BCUT2D eigenvalue weighted by molar-refractivity contribution is -0.140. The predicted octanol–water partition coefficient (Wildman–Crippen LogP) is 3.04. The number of benzene rings is 2. The first-order valence-corrected chi connectivity index (χ1v) is 9.65. The zero-order chi connectivity index (χ0) is 21.1. The van der Waals surface area contributed by atoms with E-state index >= 15 is 0 Å². The van der Waals surface area contributed by atoms with E-state index in [0.717, 1.165) is 17.7 Å². The van der Waals surface area contributed by atoms with E-state index in [1.807, 2.05) is 50.2 Å². The average Bonchev–Trinajstić information content (AvgIpc) is 2.93. The van der Waals surface area contributed by atoms with Crippen molar-refractivity contribution < 1.29 is 18.8 Å². The Bertz CT molecular complexity index is 907. The molecule has 3 rings (SSSR count). The topological polar surface area (TPSA) is 57.7 Å². The lowest BCUT2D eigenvalue weighted by Crippen LogP contribution is -2.33. The first kappa shape index (κ1) is 20.9. The number of carbonyl (C=O) groups is 3. The van der Waals surface area contributed by atoms with Crippen molar-refractivity contribution in [1.29, 1.82) is 0 Å². The van der Waals surface area contributed by atoms with Crippen LogP contribution in [-0.4, -0.2) is 54.5 Å². The lowest BCUT2D eigenvalue weighted by atomic mass is 9.86. The van der Waals surface area contributed by atoms with Crippen LogP contribution in [0, 0.1) is 18.7 Å². The lowest BCUT2D eigenvalue weighted by Gasteiger charge is -2.27. The van der Waals surface area contributed by atoms with Crippen molar-refractivity contribution >= 4 is 17.5 Å². The minimum absolute atomic E-state index is 0.227. The first-order valence-electron chi connectivity index (χ1n) is 9.65. The third kappa shape index (κ3) is 4.43. The van der Waals surface area contributed by atoms with Gasteiger partial charge in [-0.25, -0.2) is 4.39 Å². The molecule has 152 valence electrons. The predicted molar refractivity (Wildman–Crippen MR) is 108 cm³/mol. The molecule has 2 unspecified atom stereocenters. The number of carbonyl (C=O) groups excluding carboxylic acids is 3. The number of ketones is 2. The van der Waals surface area contributed by atoms with Gasteiger partial charge in [-0.1, -0.05) is 29.8 Å². The minimum Gasteiger partial charge on any atom is -0.328 e. The highest BCUT2D eigenvalue weighted by Crippen LogP contribution is 2.38. The van der Waals surface area contributed by atoms with Gasteiger partial charge in [-0.3, -0.25) is 14.4 Å². The summed E-state index contributed by atoms with van der Waals surface area (Å²) in [5, 5.41) is 0. The molecule has 0 bridgehead atoms. The second-order valence-electron chi connectivity index (χ2n) is 7.72. The molecule has 0 saturated carbocycles. The van der Waals surface area contributed by atoms with Gasteiger partial charge in [0.1, 0.15) is 11.7 Å². The second kappa shape index (κ2) is 8.66. The van der Waals surface area contributed by atoms with Crippen LogP contribution in [-0.2, 0) is 9.59 Å². The summed E-state index contributed by atoms with van der Waals surface area (Å²) < 4.78 is 13.3. The van der Waals surface area contributed by atoms with Crippen molar-refractivity contribution in [3.8, 4) is 0 Å². The minimum atomic E-state index is -1.13. The van der Waals surface area contributed by atoms with Crippen LogP contribution in [0.3, 0.4) is 0 Å². The Morgan fingerprint density at radius 2 is 1.66 bits per heavy atom. The molecule has 1 fully saturated rings. The van der Waals surface area contributed by atoms with Crippen LogP contribution in [0.15, 0.2) is 48.5 Å². The van der Waals surface area contributed by atoms with Crippen molar-refractivity contribution in [3.63, 3.8) is 0 Å². The first-order chi connectivity index (χ1) is 13.8. The van der Waals surface area contributed by atoms with Crippen molar-refractivity contribution in [2.45, 2.75) is 19.4 Å². The summed E-state index contributed by atoms with van der Waals surface area (Å²) in [7, 11) is 3.88. The molecule has 0 aliphatic carbocycles. The number of likely N-dealkylation sites (tertiary alicyclic amines) is 1. The standard InChI is InChI=1S/C23H25FN2O3/c1-15-5-7-16(8-6-15)20-19(21(27)17-9-11-18(24)12-10-17)22(28)23(29)26(20)14-4-13-25(2)3/h5-12,19-20H,4,13-14H2,1-3H3. The zero-order valence-corrected chi connectivity index (χ0v) is 16.9. The number of amides is 1. The van der Waals surface area contributed by atoms with Gasteiger partial charge in [-0.2, -0.15) is 0 Å². The maximum atomic E-state index is 13.3. The van der Waals surface area contributed by atoms with Crippen molar-refractivity contribution in [2.75, 3.05) is 27.2 Å². The van der Waals surface area contributed by atoms with Gasteiger partial charge < -0.3 is 9.80 Å². The second-order valence-corrected chi connectivity index (χ2v) is 7.72. The molecule has 2 aromatic rings. The van der Waals surface area contributed by atoms with Gasteiger partial charge in [-0.05, 0) is 63.8 Å². The maximum Gasteiger partial charge on any atom is 0.291 e. The van der Waals surface area contributed by atoms with Crippen LogP contribution < -0.4 is 0 Å². The van der Waals surface area contributed by atoms with Gasteiger partial charge in [-0.15, -0.1) is 0 Å². The van der Waals surface area contributed by atoms with Crippen molar-refractivity contribution in [1.82, 2.24) is 9.80 Å². The summed E-state index contributed by atoms with van der Waals surface area (Å²) in [5.74, 6) is -3.38. The van der Waals surface area contributed by atoms with E-state index in [1.54, 1.807) is 0 Å². The molecule has 1 aliphatic rings. The smallest absolute Gasteiger partial charge is 0.291 e. The summed E-state index contributed by atoms with van der Waals surface area (Å²) in [6.07, 6.45) is 0.686. The Balaban J connectivity index is 1.98. The van der Waals surface area contributed by atoms with Gasteiger partial charge in [0, 0.05) is 12.1 Å². The Morgan fingerprint density at radius 3 is 2.24 bits per heavy atom. The molecule has 2 atom stereocenters. The van der Waals surface area contributed by atoms with E-state index in [9.17, 15) is 18.8 Å². The molecule has 0 aromatic heterocycles. The number of Topliss-reactive ketones (excluding diaryl/α,β-unsaturated/α-hetero) is 2. The van der Waals surface area contributed by atoms with Crippen LogP contribution in [0.4, 0.5) is 4.39 Å². The van der Waals surface area contributed by atoms with E-state index in [0.29, 0.717) is 13.0 Å². The summed E-state index contributed by atoms with van der Waals surface area (Å²) >= 11 is 0. The molecule has 1 heterocycles. The normalized spacial score (nSPS) is 19.3. The van der Waals surface area contributed by atoms with Crippen LogP contribution in [0.1, 0.15) is 33.9 Å². The van der Waals surface area contributed by atoms with Crippen molar-refractivity contribution in [3.05, 3.63) is 71.0 Å². The molecular formula is C23H25FN2O3. The van der Waals surface area contributed by atoms with Crippen LogP contribution in [0.2, 0.25) is 0 Å². The fourth-order valence-corrected chi connectivity index (χ4v) is 3.71. The molecule has 6 heteroatoms. The van der Waals surface area contributed by atoms with Gasteiger partial charge in [0.15, 0.2) is 5.78 Å². The molecule has 29 heavy (non-hydrogen) atoms. The van der Waals surface area contributed by atoms with Crippen LogP contribution >= 0.6 is 0 Å². The fourth-order valence-electron chi connectivity index (χ4n) is 3.71. The quantitative estimate of drug-likeness (QED) is 0.410. The largest absolute Gasteiger partial charge is 0.328 e. The zero-order valence-electron chi connectivity index (χ0n) is 16.9. The number of rotatable bonds is 7. The third-order valence-electron chi connectivity index (χ3n) is 5.24. The molecule has 1 aliphatic heterocycles. The Kier molecular flexibility index (Phi) is 6.23. The van der Waals surface area contributed by atoms with E-state index in [1.165, 1.54) is 29.2 Å². The molecule has 1 saturated heterocycles. The summed E-state index contributed by atoms with van der Waals surface area (Å²) in [4.78, 5) is 42.3. The highest BCUT2D eigenvalue weighted by atomic mass is 19.1. The summed E-state index contributed by atoms with van der Waals surface area (Å²) in [6.45, 7) is 3.09. The Morgan fingerprint density at radius 1 is 1.03 bits per heavy atom. The van der Waals surface area contributed by atoms with Crippen molar-refractivity contribution in [2.24, 2.45) is 5.92 Å². The fraction of sp³-hybridized carbons (Fsp3) is 0.348. The highest BCUT2D eigenvalue weighted by molar-refractivity contribution is 6.44. The molecular weight excluding hydrogens is 371 g/mol. The molecule has 0 N–H and O–H groups in total.